The Hall–Kier alpha value is -3.98. The Labute approximate surface area is 222 Å². The van der Waals surface area contributed by atoms with Gasteiger partial charge >= 0.3 is 11.9 Å². The Kier molecular flexibility index (Phi) is 6.03. The molecule has 0 saturated heterocycles. The lowest BCUT2D eigenvalue weighted by Gasteiger charge is -2.52. The fraction of sp³-hybridized carbons (Fsp3) is 0.375. The average molecular weight is 507 g/mol. The Balaban J connectivity index is 1.22. The van der Waals surface area contributed by atoms with E-state index in [0.29, 0.717) is 35.6 Å². The van der Waals surface area contributed by atoms with E-state index in [1.54, 1.807) is 48.8 Å². The molecule has 0 amide bonds. The summed E-state index contributed by atoms with van der Waals surface area (Å²) in [5, 5.41) is 0. The Morgan fingerprint density at radius 1 is 0.947 bits per heavy atom. The van der Waals surface area contributed by atoms with Gasteiger partial charge in [-0.2, -0.15) is 0 Å². The van der Waals surface area contributed by atoms with Gasteiger partial charge in [-0.1, -0.05) is 31.0 Å². The first-order valence-corrected chi connectivity index (χ1v) is 13.3. The van der Waals surface area contributed by atoms with Gasteiger partial charge in [-0.05, 0) is 104 Å². The van der Waals surface area contributed by atoms with Crippen LogP contribution < -0.4 is 4.74 Å². The molecule has 2 aromatic heterocycles. The molecule has 2 saturated carbocycles. The third-order valence-electron chi connectivity index (χ3n) is 9.28. The van der Waals surface area contributed by atoms with Crippen molar-refractivity contribution in [2.24, 2.45) is 17.3 Å². The van der Waals surface area contributed by atoms with Crippen LogP contribution in [0, 0.1) is 29.6 Å². The van der Waals surface area contributed by atoms with Crippen LogP contribution in [-0.4, -0.2) is 27.5 Å². The second-order valence-electron chi connectivity index (χ2n) is 11.0. The van der Waals surface area contributed by atoms with Gasteiger partial charge in [-0.15, -0.1) is 6.42 Å². The molecular formula is C32H30N2O4. The number of hydrogen-bond donors (Lipinski definition) is 0. The van der Waals surface area contributed by atoms with Gasteiger partial charge in [0.05, 0.1) is 0 Å². The molecule has 0 aliphatic heterocycles. The van der Waals surface area contributed by atoms with Gasteiger partial charge in [0, 0.05) is 17.8 Å². The van der Waals surface area contributed by atoms with Gasteiger partial charge in [0.25, 0.3) is 0 Å². The molecule has 0 spiro atoms. The molecule has 192 valence electrons. The fourth-order valence-electron chi connectivity index (χ4n) is 7.39. The van der Waals surface area contributed by atoms with E-state index in [1.165, 1.54) is 11.1 Å². The van der Waals surface area contributed by atoms with Crippen LogP contribution in [0.3, 0.4) is 0 Å². The van der Waals surface area contributed by atoms with Crippen LogP contribution in [0.25, 0.3) is 0 Å². The van der Waals surface area contributed by atoms with Crippen molar-refractivity contribution in [1.82, 2.24) is 9.97 Å². The second kappa shape index (κ2) is 9.40. The lowest BCUT2D eigenvalue weighted by Crippen LogP contribution is -2.52. The molecule has 3 aromatic rings. The number of benzene rings is 1. The predicted molar refractivity (Wildman–Crippen MR) is 141 cm³/mol. The number of carbonyl (C=O) groups is 2. The Morgan fingerprint density at radius 2 is 1.68 bits per heavy atom. The summed E-state index contributed by atoms with van der Waals surface area (Å²) < 4.78 is 11.8. The van der Waals surface area contributed by atoms with E-state index in [0.717, 1.165) is 32.1 Å². The van der Waals surface area contributed by atoms with Gasteiger partial charge in [0.2, 0.25) is 0 Å². The smallest absolute Gasteiger partial charge is 0.362 e. The van der Waals surface area contributed by atoms with Gasteiger partial charge in [0.1, 0.15) is 17.1 Å². The summed E-state index contributed by atoms with van der Waals surface area (Å²) in [5.74, 6) is 3.84. The number of terminal acetylenes is 1. The summed E-state index contributed by atoms with van der Waals surface area (Å²) in [6, 6.07) is 16.4. The summed E-state index contributed by atoms with van der Waals surface area (Å²) in [7, 11) is 0. The number of aromatic nitrogens is 2. The van der Waals surface area contributed by atoms with Crippen LogP contribution in [0.1, 0.15) is 77.0 Å². The molecule has 2 heterocycles. The molecular weight excluding hydrogens is 476 g/mol. The molecule has 5 atom stereocenters. The van der Waals surface area contributed by atoms with E-state index in [-0.39, 0.29) is 11.1 Å². The maximum atomic E-state index is 13.0. The van der Waals surface area contributed by atoms with Gasteiger partial charge in [0.15, 0.2) is 5.60 Å². The molecule has 0 N–H and O–H groups in total. The first-order chi connectivity index (χ1) is 18.4. The minimum absolute atomic E-state index is 0.286. The zero-order valence-corrected chi connectivity index (χ0v) is 21.4. The van der Waals surface area contributed by atoms with Crippen LogP contribution >= 0.6 is 0 Å². The highest BCUT2D eigenvalue weighted by molar-refractivity contribution is 5.89. The van der Waals surface area contributed by atoms with Crippen molar-refractivity contribution in [3.8, 4) is 18.1 Å². The number of rotatable bonds is 4. The fourth-order valence-corrected chi connectivity index (χ4v) is 7.39. The largest absolute Gasteiger partial charge is 0.441 e. The maximum absolute atomic E-state index is 13.0. The molecule has 6 rings (SSSR count). The molecule has 3 aliphatic carbocycles. The van der Waals surface area contributed by atoms with Crippen molar-refractivity contribution in [2.75, 3.05) is 0 Å². The zero-order chi connectivity index (χ0) is 26.3. The first kappa shape index (κ1) is 24.4. The van der Waals surface area contributed by atoms with Gasteiger partial charge in [-0.25, -0.2) is 19.6 Å². The molecule has 1 aromatic carbocycles. The maximum Gasteiger partial charge on any atom is 0.362 e. The number of hydrogen-bond acceptors (Lipinski definition) is 6. The Bertz CT molecular complexity index is 1420. The summed E-state index contributed by atoms with van der Waals surface area (Å²) >= 11 is 0. The number of nitrogens with zero attached hydrogens (tertiary/aromatic N) is 2. The first-order valence-electron chi connectivity index (χ1n) is 13.3. The lowest BCUT2D eigenvalue weighted by atomic mass is 9.53. The normalized spacial score (nSPS) is 29.2. The lowest BCUT2D eigenvalue weighted by molar-refractivity contribution is -0.0798. The van der Waals surface area contributed by atoms with Crippen LogP contribution in [0.2, 0.25) is 0 Å². The molecule has 38 heavy (non-hydrogen) atoms. The molecule has 6 nitrogen and oxygen atoms in total. The number of aryl methyl sites for hydroxylation is 1. The Morgan fingerprint density at radius 3 is 2.37 bits per heavy atom. The van der Waals surface area contributed by atoms with E-state index in [2.05, 4.69) is 28.9 Å². The van der Waals surface area contributed by atoms with Crippen LogP contribution in [0.4, 0.5) is 0 Å². The predicted octanol–water partition coefficient (Wildman–Crippen LogP) is 5.78. The van der Waals surface area contributed by atoms with Crippen LogP contribution in [0.5, 0.6) is 5.75 Å². The van der Waals surface area contributed by atoms with E-state index in [1.807, 2.05) is 12.1 Å². The van der Waals surface area contributed by atoms with Gasteiger partial charge < -0.3 is 9.47 Å². The number of fused-ring (bicyclic) bond motifs is 5. The van der Waals surface area contributed by atoms with Crippen LogP contribution in [0.15, 0.2) is 67.0 Å². The van der Waals surface area contributed by atoms with Crippen molar-refractivity contribution in [2.45, 2.75) is 57.0 Å². The van der Waals surface area contributed by atoms with Crippen LogP contribution in [-0.2, 0) is 11.2 Å². The SMILES string of the molecule is C#C[C@]1(OC(=O)c2ccccn2)CC[C@H]2[C@@H]3CCc4cc(OC(=O)c5ccccn5)ccc4[C@H]3CC[C@@]21C. The monoisotopic (exact) mass is 506 g/mol. The standard InChI is InChI=1S/C32H30N2O4/c1-3-32(38-30(36)28-9-5-7-19-34-28)17-15-26-25-12-10-21-20-22(37-29(35)27-8-4-6-18-33-27)11-13-23(21)24(25)14-16-31(26,32)2/h1,4-9,11,13,18-20,24-26H,10,12,14-17H2,2H3/t24-,25-,26+,31+,32+/m1/s1. The zero-order valence-electron chi connectivity index (χ0n) is 21.4. The minimum atomic E-state index is -0.930. The average Bonchev–Trinajstić information content (AvgIpc) is 3.25. The highest BCUT2D eigenvalue weighted by Crippen LogP contribution is 2.65. The van der Waals surface area contributed by atoms with Crippen molar-refractivity contribution >= 4 is 11.9 Å². The summed E-state index contributed by atoms with van der Waals surface area (Å²) in [6.07, 6.45) is 14.7. The molecule has 2 fully saturated rings. The summed E-state index contributed by atoms with van der Waals surface area (Å²) in [6.45, 7) is 2.22. The molecule has 0 radical (unpaired) electrons. The summed E-state index contributed by atoms with van der Waals surface area (Å²) in [5.41, 5.74) is 1.94. The number of carbonyl (C=O) groups excluding carboxylic acids is 2. The van der Waals surface area contributed by atoms with Crippen molar-refractivity contribution in [3.05, 3.63) is 89.5 Å². The third kappa shape index (κ3) is 3.89. The molecule has 6 heteroatoms. The van der Waals surface area contributed by atoms with E-state index >= 15 is 0 Å². The second-order valence-corrected chi connectivity index (χ2v) is 11.0. The van der Waals surface area contributed by atoms with E-state index in [4.69, 9.17) is 15.9 Å². The summed E-state index contributed by atoms with van der Waals surface area (Å²) in [4.78, 5) is 33.7. The molecule has 0 bridgehead atoms. The number of ether oxygens (including phenoxy) is 2. The number of pyridine rings is 2. The van der Waals surface area contributed by atoms with E-state index < -0.39 is 17.5 Å². The number of esters is 2. The molecule has 0 unspecified atom stereocenters. The van der Waals surface area contributed by atoms with Crippen molar-refractivity contribution in [1.29, 1.82) is 0 Å². The van der Waals surface area contributed by atoms with Crippen molar-refractivity contribution in [3.63, 3.8) is 0 Å². The van der Waals surface area contributed by atoms with E-state index in [9.17, 15) is 9.59 Å². The van der Waals surface area contributed by atoms with Crippen molar-refractivity contribution < 1.29 is 19.1 Å². The third-order valence-corrected chi connectivity index (χ3v) is 9.28. The quantitative estimate of drug-likeness (QED) is 0.254. The van der Waals surface area contributed by atoms with Gasteiger partial charge in [-0.3, -0.25) is 0 Å². The topological polar surface area (TPSA) is 78.4 Å². The highest BCUT2D eigenvalue weighted by Gasteiger charge is 2.63. The highest BCUT2D eigenvalue weighted by atomic mass is 16.6. The molecule has 3 aliphatic rings. The minimum Gasteiger partial charge on any atom is -0.441 e.